The van der Waals surface area contributed by atoms with E-state index in [-0.39, 0.29) is 11.5 Å². The zero-order valence-electron chi connectivity index (χ0n) is 11.7. The van der Waals surface area contributed by atoms with E-state index in [2.05, 4.69) is 15.5 Å². The molecule has 10 heteroatoms. The normalized spacial score (nSPS) is 15.6. The Morgan fingerprint density at radius 1 is 1.41 bits per heavy atom. The Kier molecular flexibility index (Phi) is 3.71. The van der Waals surface area contributed by atoms with Crippen LogP contribution in [0, 0.1) is 0 Å². The summed E-state index contributed by atoms with van der Waals surface area (Å²) in [6.07, 6.45) is -0.788. The third-order valence-corrected chi connectivity index (χ3v) is 4.88. The molecule has 0 N–H and O–H groups in total. The number of hydrogen-bond acceptors (Lipinski definition) is 6. The molecule has 7 nitrogen and oxygen atoms in total. The van der Waals surface area contributed by atoms with Gasteiger partial charge in [0.15, 0.2) is 15.6 Å². The molecule has 1 saturated carbocycles. The molecule has 1 aliphatic carbocycles. The number of aromatic nitrogens is 4. The van der Waals surface area contributed by atoms with E-state index >= 15 is 0 Å². The molecule has 0 saturated heterocycles. The van der Waals surface area contributed by atoms with E-state index in [9.17, 15) is 17.2 Å². The van der Waals surface area contributed by atoms with Gasteiger partial charge in [0.25, 0.3) is 6.43 Å². The lowest BCUT2D eigenvalue weighted by Crippen LogP contribution is -2.10. The number of rotatable bonds is 6. The quantitative estimate of drug-likeness (QED) is 0.800. The van der Waals surface area contributed by atoms with Crippen molar-refractivity contribution in [1.82, 2.24) is 20.2 Å². The monoisotopic (exact) mass is 332 g/mol. The molecule has 0 aromatic carbocycles. The smallest absolute Gasteiger partial charge is 0.281 e. The van der Waals surface area contributed by atoms with Crippen LogP contribution in [0.25, 0.3) is 0 Å². The molecule has 0 bridgehead atoms. The number of alkyl halides is 2. The molecule has 22 heavy (non-hydrogen) atoms. The van der Waals surface area contributed by atoms with Crippen LogP contribution in [0.3, 0.4) is 0 Å². The van der Waals surface area contributed by atoms with Crippen molar-refractivity contribution in [2.75, 3.05) is 0 Å². The van der Waals surface area contributed by atoms with E-state index in [1.807, 2.05) is 0 Å². The maximum Gasteiger partial charge on any atom is 0.281 e. The van der Waals surface area contributed by atoms with Crippen LogP contribution in [0.2, 0.25) is 0 Å². The molecule has 0 spiro atoms. The first-order valence-corrected chi connectivity index (χ1v) is 8.50. The SMILES string of the molecule is Cn1nnc(CS(=O)(=O)Cc2cc(C3CC3)no2)c1C(F)F. The second kappa shape index (κ2) is 5.41. The first kappa shape index (κ1) is 15.1. The Hall–Kier alpha value is -1.84. The lowest BCUT2D eigenvalue weighted by atomic mass is 10.3. The molecule has 0 radical (unpaired) electrons. The van der Waals surface area contributed by atoms with Gasteiger partial charge < -0.3 is 4.52 Å². The summed E-state index contributed by atoms with van der Waals surface area (Å²) < 4.78 is 56.0. The highest BCUT2D eigenvalue weighted by Gasteiger charge is 2.29. The fourth-order valence-corrected chi connectivity index (χ4v) is 3.52. The van der Waals surface area contributed by atoms with Gasteiger partial charge in [-0.2, -0.15) is 0 Å². The highest BCUT2D eigenvalue weighted by Crippen LogP contribution is 2.39. The highest BCUT2D eigenvalue weighted by atomic mass is 32.2. The maximum absolute atomic E-state index is 12.9. The van der Waals surface area contributed by atoms with Crippen molar-refractivity contribution in [2.45, 2.75) is 36.7 Å². The zero-order valence-corrected chi connectivity index (χ0v) is 12.6. The van der Waals surface area contributed by atoms with Crippen molar-refractivity contribution in [3.63, 3.8) is 0 Å². The average Bonchev–Trinajstić information content (AvgIpc) is 3.06. The Balaban J connectivity index is 1.75. The van der Waals surface area contributed by atoms with Crippen LogP contribution in [0.15, 0.2) is 10.6 Å². The molecule has 2 heterocycles. The van der Waals surface area contributed by atoms with Crippen LogP contribution >= 0.6 is 0 Å². The van der Waals surface area contributed by atoms with Gasteiger partial charge in [-0.1, -0.05) is 10.4 Å². The number of nitrogens with zero attached hydrogens (tertiary/aromatic N) is 4. The van der Waals surface area contributed by atoms with Crippen LogP contribution < -0.4 is 0 Å². The summed E-state index contributed by atoms with van der Waals surface area (Å²) >= 11 is 0. The topological polar surface area (TPSA) is 90.9 Å². The lowest BCUT2D eigenvalue weighted by Gasteiger charge is -2.03. The summed E-state index contributed by atoms with van der Waals surface area (Å²) in [5.41, 5.74) is 0.0252. The Morgan fingerprint density at radius 2 is 2.14 bits per heavy atom. The first-order chi connectivity index (χ1) is 10.4. The van der Waals surface area contributed by atoms with Crippen LogP contribution in [-0.4, -0.2) is 28.6 Å². The summed E-state index contributed by atoms with van der Waals surface area (Å²) in [5.74, 6) is -0.443. The third-order valence-electron chi connectivity index (χ3n) is 3.44. The van der Waals surface area contributed by atoms with Crippen LogP contribution in [0.5, 0.6) is 0 Å². The molecule has 0 unspecified atom stereocenters. The van der Waals surface area contributed by atoms with E-state index < -0.39 is 33.5 Å². The van der Waals surface area contributed by atoms with Crippen LogP contribution in [0.4, 0.5) is 8.78 Å². The van der Waals surface area contributed by atoms with E-state index in [0.717, 1.165) is 23.2 Å². The van der Waals surface area contributed by atoms with E-state index in [0.29, 0.717) is 5.92 Å². The average molecular weight is 332 g/mol. The maximum atomic E-state index is 12.9. The molecule has 3 rings (SSSR count). The minimum Gasteiger partial charge on any atom is -0.360 e. The number of aryl methyl sites for hydroxylation is 1. The van der Waals surface area contributed by atoms with Gasteiger partial charge >= 0.3 is 0 Å². The van der Waals surface area contributed by atoms with Crippen molar-refractivity contribution >= 4 is 9.84 Å². The molecule has 1 aliphatic rings. The summed E-state index contributed by atoms with van der Waals surface area (Å²) in [4.78, 5) is 0. The largest absolute Gasteiger partial charge is 0.360 e. The van der Waals surface area contributed by atoms with Gasteiger partial charge in [0, 0.05) is 19.0 Å². The van der Waals surface area contributed by atoms with Crippen LogP contribution in [-0.2, 0) is 28.4 Å². The first-order valence-electron chi connectivity index (χ1n) is 6.68. The van der Waals surface area contributed by atoms with Crippen molar-refractivity contribution in [2.24, 2.45) is 7.05 Å². The Morgan fingerprint density at radius 3 is 2.77 bits per heavy atom. The van der Waals surface area contributed by atoms with Gasteiger partial charge in [-0.3, -0.25) is 0 Å². The predicted octanol–water partition coefficient (Wildman–Crippen LogP) is 1.73. The second-order valence-electron chi connectivity index (χ2n) is 5.37. The minimum atomic E-state index is -3.71. The van der Waals surface area contributed by atoms with E-state index in [1.165, 1.54) is 7.05 Å². The van der Waals surface area contributed by atoms with Crippen LogP contribution in [0.1, 0.15) is 48.0 Å². The molecule has 0 aliphatic heterocycles. The summed E-state index contributed by atoms with van der Waals surface area (Å²) in [6, 6.07) is 1.61. The minimum absolute atomic E-state index is 0.212. The molecule has 1 fully saturated rings. The highest BCUT2D eigenvalue weighted by molar-refractivity contribution is 7.89. The number of halogens is 2. The molecule has 2 aromatic heterocycles. The summed E-state index contributed by atoms with van der Waals surface area (Å²) in [6.45, 7) is 0. The Bertz CT molecular complexity index is 780. The van der Waals surface area contributed by atoms with Crippen molar-refractivity contribution < 1.29 is 21.7 Å². The molecule has 120 valence electrons. The van der Waals surface area contributed by atoms with E-state index in [1.54, 1.807) is 6.07 Å². The third kappa shape index (κ3) is 3.16. The summed E-state index contributed by atoms with van der Waals surface area (Å²) in [7, 11) is -2.41. The molecular formula is C12H14F2N4O3S. The van der Waals surface area contributed by atoms with Crippen molar-refractivity contribution in [3.05, 3.63) is 28.9 Å². The molecule has 0 atom stereocenters. The van der Waals surface area contributed by atoms with Gasteiger partial charge in [-0.25, -0.2) is 21.9 Å². The zero-order chi connectivity index (χ0) is 15.9. The van der Waals surface area contributed by atoms with Gasteiger partial charge in [-0.05, 0) is 12.8 Å². The van der Waals surface area contributed by atoms with Crippen molar-refractivity contribution in [1.29, 1.82) is 0 Å². The second-order valence-corrected chi connectivity index (χ2v) is 7.43. The van der Waals surface area contributed by atoms with Gasteiger partial charge in [0.05, 0.1) is 11.4 Å². The molecule has 0 amide bonds. The molecule has 2 aromatic rings. The van der Waals surface area contributed by atoms with Gasteiger partial charge in [0.2, 0.25) is 0 Å². The number of hydrogen-bond donors (Lipinski definition) is 0. The fraction of sp³-hybridized carbons (Fsp3) is 0.583. The predicted molar refractivity (Wildman–Crippen MR) is 70.8 cm³/mol. The van der Waals surface area contributed by atoms with Crippen molar-refractivity contribution in [3.8, 4) is 0 Å². The molecular weight excluding hydrogens is 318 g/mol. The number of sulfone groups is 1. The van der Waals surface area contributed by atoms with Gasteiger partial charge in [0.1, 0.15) is 17.1 Å². The Labute approximate surface area is 125 Å². The standard InChI is InChI=1S/C12H14F2N4O3S/c1-18-11(12(13)14)10(15-17-18)6-22(19,20)5-8-4-9(16-21-8)7-2-3-7/h4,7,12H,2-3,5-6H2,1H3. The van der Waals surface area contributed by atoms with Gasteiger partial charge in [-0.15, -0.1) is 5.10 Å². The lowest BCUT2D eigenvalue weighted by molar-refractivity contribution is 0.140. The van der Waals surface area contributed by atoms with E-state index in [4.69, 9.17) is 4.52 Å². The fourth-order valence-electron chi connectivity index (χ4n) is 2.22. The summed E-state index contributed by atoms with van der Waals surface area (Å²) in [5, 5.41) is 10.8.